The number of nitrogens with one attached hydrogen (secondary N) is 2. The maximum Gasteiger partial charge on any atom is 0.191 e. The molecule has 1 aliphatic carbocycles. The van der Waals surface area contributed by atoms with E-state index in [1.165, 1.54) is 5.56 Å². The van der Waals surface area contributed by atoms with Crippen LogP contribution in [0.4, 0.5) is 0 Å². The second-order valence-electron chi connectivity index (χ2n) is 5.19. The van der Waals surface area contributed by atoms with Crippen LogP contribution in [0.25, 0.3) is 0 Å². The Morgan fingerprint density at radius 3 is 2.75 bits per heavy atom. The average Bonchev–Trinajstić information content (AvgIpc) is 3.05. The van der Waals surface area contributed by atoms with Crippen molar-refractivity contribution in [2.75, 3.05) is 13.6 Å². The van der Waals surface area contributed by atoms with Gasteiger partial charge in [0.25, 0.3) is 0 Å². The van der Waals surface area contributed by atoms with E-state index in [1.807, 2.05) is 20.9 Å². The van der Waals surface area contributed by atoms with Crippen LogP contribution in [0.2, 0.25) is 0 Å². The first-order valence-corrected chi connectivity index (χ1v) is 7.24. The molecular weight excluding hydrogens is 252 g/mol. The van der Waals surface area contributed by atoms with Crippen molar-refractivity contribution in [3.05, 3.63) is 29.2 Å². The third-order valence-electron chi connectivity index (χ3n) is 3.65. The highest BCUT2D eigenvalue weighted by Gasteiger charge is 2.12. The molecule has 1 aromatic rings. The van der Waals surface area contributed by atoms with E-state index >= 15 is 0 Å². The lowest BCUT2D eigenvalue weighted by Crippen LogP contribution is -2.42. The SMILES string of the molecule is CN=C(NCCCc1c(C)noc1C)NC1CC=CC1. The van der Waals surface area contributed by atoms with E-state index in [9.17, 15) is 0 Å². The fourth-order valence-electron chi connectivity index (χ4n) is 2.45. The van der Waals surface area contributed by atoms with E-state index < -0.39 is 0 Å². The highest BCUT2D eigenvalue weighted by Crippen LogP contribution is 2.13. The lowest BCUT2D eigenvalue weighted by atomic mass is 10.1. The molecule has 1 heterocycles. The van der Waals surface area contributed by atoms with E-state index in [2.05, 4.69) is 32.9 Å². The summed E-state index contributed by atoms with van der Waals surface area (Å²) in [5, 5.41) is 10.8. The van der Waals surface area contributed by atoms with Crippen LogP contribution in [0.5, 0.6) is 0 Å². The molecule has 0 radical (unpaired) electrons. The monoisotopic (exact) mass is 276 g/mol. The summed E-state index contributed by atoms with van der Waals surface area (Å²) >= 11 is 0. The van der Waals surface area contributed by atoms with Crippen LogP contribution >= 0.6 is 0 Å². The van der Waals surface area contributed by atoms with Gasteiger partial charge in [0.1, 0.15) is 5.76 Å². The third kappa shape index (κ3) is 3.85. The number of aliphatic imine (C=N–C) groups is 1. The molecule has 5 heteroatoms. The van der Waals surface area contributed by atoms with Crippen LogP contribution in [-0.4, -0.2) is 30.8 Å². The third-order valence-corrected chi connectivity index (χ3v) is 3.65. The molecule has 20 heavy (non-hydrogen) atoms. The number of hydrogen-bond donors (Lipinski definition) is 2. The molecule has 0 bridgehead atoms. The summed E-state index contributed by atoms with van der Waals surface area (Å²) in [6.07, 6.45) is 8.60. The Bertz CT molecular complexity index is 463. The molecule has 1 aromatic heterocycles. The zero-order valence-electron chi connectivity index (χ0n) is 12.6. The molecule has 0 amide bonds. The van der Waals surface area contributed by atoms with Gasteiger partial charge in [-0.25, -0.2) is 0 Å². The molecule has 0 aromatic carbocycles. The molecule has 5 nitrogen and oxygen atoms in total. The van der Waals surface area contributed by atoms with E-state index in [-0.39, 0.29) is 0 Å². The standard InChI is InChI=1S/C15H24N4O/c1-11-14(12(2)20-19-11)9-6-10-17-15(16-3)18-13-7-4-5-8-13/h4-5,13H,6-10H2,1-3H3,(H2,16,17,18). The van der Waals surface area contributed by atoms with Crippen molar-refractivity contribution in [3.8, 4) is 0 Å². The Morgan fingerprint density at radius 2 is 2.15 bits per heavy atom. The first-order valence-electron chi connectivity index (χ1n) is 7.24. The summed E-state index contributed by atoms with van der Waals surface area (Å²) in [5.41, 5.74) is 2.23. The Labute approximate surface area is 120 Å². The molecule has 2 rings (SSSR count). The molecule has 0 aliphatic heterocycles. The van der Waals surface area contributed by atoms with Crippen molar-refractivity contribution < 1.29 is 4.52 Å². The Morgan fingerprint density at radius 1 is 1.40 bits per heavy atom. The van der Waals surface area contributed by atoms with Gasteiger partial charge in [0.05, 0.1) is 5.69 Å². The number of guanidine groups is 1. The molecule has 0 saturated carbocycles. The topological polar surface area (TPSA) is 62.5 Å². The van der Waals surface area contributed by atoms with Crippen molar-refractivity contribution in [2.24, 2.45) is 4.99 Å². The van der Waals surface area contributed by atoms with Crippen molar-refractivity contribution in [2.45, 2.75) is 45.6 Å². The van der Waals surface area contributed by atoms with Crippen LogP contribution in [0.3, 0.4) is 0 Å². The summed E-state index contributed by atoms with van der Waals surface area (Å²) in [6, 6.07) is 0.490. The predicted octanol–water partition coefficient (Wildman–Crippen LogP) is 2.11. The summed E-state index contributed by atoms with van der Waals surface area (Å²) < 4.78 is 5.17. The average molecular weight is 276 g/mol. The van der Waals surface area contributed by atoms with Gasteiger partial charge in [0.2, 0.25) is 0 Å². The van der Waals surface area contributed by atoms with Gasteiger partial charge in [-0.15, -0.1) is 0 Å². The minimum absolute atomic E-state index is 0.490. The van der Waals surface area contributed by atoms with Crippen LogP contribution in [0.15, 0.2) is 21.7 Å². The van der Waals surface area contributed by atoms with Gasteiger partial charge in [-0.3, -0.25) is 4.99 Å². The maximum atomic E-state index is 5.17. The number of aryl methyl sites for hydroxylation is 2. The fraction of sp³-hybridized carbons (Fsp3) is 0.600. The van der Waals surface area contributed by atoms with Gasteiger partial charge in [-0.2, -0.15) is 0 Å². The van der Waals surface area contributed by atoms with Crippen molar-refractivity contribution in [1.82, 2.24) is 15.8 Å². The van der Waals surface area contributed by atoms with Crippen LogP contribution in [0, 0.1) is 13.8 Å². The molecule has 110 valence electrons. The summed E-state index contributed by atoms with van der Waals surface area (Å²) in [7, 11) is 1.81. The number of nitrogens with zero attached hydrogens (tertiary/aromatic N) is 2. The number of rotatable bonds is 5. The highest BCUT2D eigenvalue weighted by molar-refractivity contribution is 5.80. The molecule has 0 fully saturated rings. The largest absolute Gasteiger partial charge is 0.361 e. The molecular formula is C15H24N4O. The van der Waals surface area contributed by atoms with Crippen LogP contribution in [0.1, 0.15) is 36.3 Å². The zero-order chi connectivity index (χ0) is 14.4. The van der Waals surface area contributed by atoms with Crippen molar-refractivity contribution in [1.29, 1.82) is 0 Å². The van der Waals surface area contributed by atoms with Crippen LogP contribution < -0.4 is 10.6 Å². The molecule has 1 aliphatic rings. The van der Waals surface area contributed by atoms with E-state index in [0.29, 0.717) is 6.04 Å². The highest BCUT2D eigenvalue weighted by atomic mass is 16.5. The second-order valence-corrected chi connectivity index (χ2v) is 5.19. The Balaban J connectivity index is 1.69. The van der Waals surface area contributed by atoms with Gasteiger partial charge < -0.3 is 15.2 Å². The normalized spacial score (nSPS) is 15.8. The lowest BCUT2D eigenvalue weighted by molar-refractivity contribution is 0.392. The van der Waals surface area contributed by atoms with E-state index in [4.69, 9.17) is 4.52 Å². The zero-order valence-corrected chi connectivity index (χ0v) is 12.6. The van der Waals surface area contributed by atoms with E-state index in [0.717, 1.165) is 49.6 Å². The first-order chi connectivity index (χ1) is 9.70. The van der Waals surface area contributed by atoms with Gasteiger partial charge in [0.15, 0.2) is 5.96 Å². The molecule has 0 atom stereocenters. The summed E-state index contributed by atoms with van der Waals surface area (Å²) in [4.78, 5) is 4.26. The minimum Gasteiger partial charge on any atom is -0.361 e. The van der Waals surface area contributed by atoms with Gasteiger partial charge in [-0.1, -0.05) is 17.3 Å². The lowest BCUT2D eigenvalue weighted by Gasteiger charge is -2.16. The molecule has 0 unspecified atom stereocenters. The molecule has 0 saturated heterocycles. The minimum atomic E-state index is 0.490. The Kier molecular flexibility index (Phi) is 5.21. The van der Waals surface area contributed by atoms with Gasteiger partial charge >= 0.3 is 0 Å². The summed E-state index contributed by atoms with van der Waals surface area (Å²) in [6.45, 7) is 4.85. The van der Waals surface area contributed by atoms with Gasteiger partial charge in [-0.05, 0) is 39.5 Å². The van der Waals surface area contributed by atoms with Crippen molar-refractivity contribution >= 4 is 5.96 Å². The van der Waals surface area contributed by atoms with E-state index in [1.54, 1.807) is 0 Å². The molecule has 2 N–H and O–H groups in total. The summed E-state index contributed by atoms with van der Waals surface area (Å²) in [5.74, 6) is 1.82. The quantitative estimate of drug-likeness (QED) is 0.374. The predicted molar refractivity (Wildman–Crippen MR) is 81.0 cm³/mol. The second kappa shape index (κ2) is 7.12. The number of aromatic nitrogens is 1. The smallest absolute Gasteiger partial charge is 0.191 e. The molecule has 0 spiro atoms. The maximum absolute atomic E-state index is 5.17. The number of hydrogen-bond acceptors (Lipinski definition) is 3. The van der Waals surface area contributed by atoms with Gasteiger partial charge in [0, 0.05) is 25.2 Å². The van der Waals surface area contributed by atoms with Crippen molar-refractivity contribution in [3.63, 3.8) is 0 Å². The van der Waals surface area contributed by atoms with Crippen LogP contribution in [-0.2, 0) is 6.42 Å². The Hall–Kier alpha value is -1.78. The first kappa shape index (κ1) is 14.6. The fourth-order valence-corrected chi connectivity index (χ4v) is 2.45.